The molecule has 1 fully saturated rings. The Morgan fingerprint density at radius 1 is 0.971 bits per heavy atom. The third kappa shape index (κ3) is 4.50. The molecule has 1 aliphatic carbocycles. The predicted octanol–water partition coefficient (Wildman–Crippen LogP) is 4.08. The van der Waals surface area contributed by atoms with Gasteiger partial charge in [-0.3, -0.25) is 9.59 Å². The van der Waals surface area contributed by atoms with Crippen molar-refractivity contribution in [2.24, 2.45) is 0 Å². The largest absolute Gasteiger partial charge is 0.324 e. The SMILES string of the molecule is O=C(Nc1ccc(F)cc1)C(c1ccc(F)cc1)N(C(=O)Cn1nnc2ccccc21)C1CC1. The second-order valence-corrected chi connectivity index (χ2v) is 8.22. The highest BCUT2D eigenvalue weighted by molar-refractivity contribution is 5.98. The maximum atomic E-state index is 13.6. The summed E-state index contributed by atoms with van der Waals surface area (Å²) in [4.78, 5) is 28.5. The maximum Gasteiger partial charge on any atom is 0.251 e. The van der Waals surface area contributed by atoms with Gasteiger partial charge in [-0.1, -0.05) is 29.5 Å². The molecule has 1 unspecified atom stereocenters. The molecule has 0 aliphatic heterocycles. The van der Waals surface area contributed by atoms with Crippen molar-refractivity contribution in [2.75, 3.05) is 5.32 Å². The summed E-state index contributed by atoms with van der Waals surface area (Å²) in [6, 6.07) is 17.0. The van der Waals surface area contributed by atoms with Crippen LogP contribution >= 0.6 is 0 Å². The number of anilines is 1. The number of carbonyl (C=O) groups excluding carboxylic acids is 2. The second kappa shape index (κ2) is 9.01. The average Bonchev–Trinajstić information content (AvgIpc) is 3.60. The maximum absolute atomic E-state index is 13.6. The highest BCUT2D eigenvalue weighted by atomic mass is 19.1. The molecule has 172 valence electrons. The highest BCUT2D eigenvalue weighted by Gasteiger charge is 2.41. The number of para-hydroxylation sites is 1. The van der Waals surface area contributed by atoms with E-state index in [2.05, 4.69) is 15.6 Å². The Kier molecular flexibility index (Phi) is 5.75. The second-order valence-electron chi connectivity index (χ2n) is 8.22. The minimum Gasteiger partial charge on any atom is -0.324 e. The Bertz CT molecular complexity index is 1330. The van der Waals surface area contributed by atoms with Gasteiger partial charge in [0.25, 0.3) is 5.91 Å². The molecule has 34 heavy (non-hydrogen) atoms. The highest BCUT2D eigenvalue weighted by Crippen LogP contribution is 2.36. The summed E-state index contributed by atoms with van der Waals surface area (Å²) in [5.74, 6) is -1.65. The summed E-state index contributed by atoms with van der Waals surface area (Å²) in [6.45, 7) is -0.0987. The van der Waals surface area contributed by atoms with Crippen LogP contribution in [0.25, 0.3) is 11.0 Å². The molecule has 2 amide bonds. The number of fused-ring (bicyclic) bond motifs is 1. The molecule has 3 aromatic carbocycles. The summed E-state index contributed by atoms with van der Waals surface area (Å²) < 4.78 is 28.4. The number of amides is 2. The number of benzene rings is 3. The molecule has 0 saturated heterocycles. The summed E-state index contributed by atoms with van der Waals surface area (Å²) >= 11 is 0. The van der Waals surface area contributed by atoms with Gasteiger partial charge in [-0.15, -0.1) is 5.10 Å². The summed E-state index contributed by atoms with van der Waals surface area (Å²) in [5.41, 5.74) is 2.24. The fraction of sp³-hybridized carbons (Fsp3) is 0.200. The van der Waals surface area contributed by atoms with Gasteiger partial charge in [0, 0.05) is 11.7 Å². The fourth-order valence-electron chi connectivity index (χ4n) is 3.98. The molecule has 1 heterocycles. The Balaban J connectivity index is 1.48. The van der Waals surface area contributed by atoms with Crippen molar-refractivity contribution in [3.05, 3.63) is 90.0 Å². The van der Waals surface area contributed by atoms with Crippen LogP contribution in [0, 0.1) is 11.6 Å². The number of hydrogen-bond donors (Lipinski definition) is 1. The van der Waals surface area contributed by atoms with Crippen molar-refractivity contribution in [2.45, 2.75) is 31.5 Å². The predicted molar refractivity (Wildman–Crippen MR) is 122 cm³/mol. The van der Waals surface area contributed by atoms with E-state index in [1.165, 1.54) is 53.2 Å². The number of aromatic nitrogens is 3. The standard InChI is InChI=1S/C25H21F2N5O2/c26-17-7-5-16(6-8-17)24(25(34)28-19-11-9-18(27)10-12-19)32(20-13-14-20)23(33)15-31-22-4-2-1-3-21(22)29-30-31/h1-12,20,24H,13-15H2,(H,28,34). The van der Waals surface area contributed by atoms with Crippen LogP contribution in [0.2, 0.25) is 0 Å². The van der Waals surface area contributed by atoms with E-state index < -0.39 is 23.6 Å². The lowest BCUT2D eigenvalue weighted by molar-refractivity contribution is -0.140. The van der Waals surface area contributed by atoms with E-state index in [0.29, 0.717) is 22.3 Å². The zero-order valence-corrected chi connectivity index (χ0v) is 18.1. The molecule has 1 aliphatic rings. The topological polar surface area (TPSA) is 80.1 Å². The Morgan fingerprint density at radius 3 is 2.29 bits per heavy atom. The molecule has 0 bridgehead atoms. The third-order valence-corrected chi connectivity index (χ3v) is 5.76. The van der Waals surface area contributed by atoms with Crippen molar-refractivity contribution in [3.8, 4) is 0 Å². The number of carbonyl (C=O) groups is 2. The molecule has 1 atom stereocenters. The first kappa shape index (κ1) is 21.7. The number of hydrogen-bond acceptors (Lipinski definition) is 4. The summed E-state index contributed by atoms with van der Waals surface area (Å²) in [5, 5.41) is 10.9. The van der Waals surface area contributed by atoms with E-state index in [1.807, 2.05) is 18.2 Å². The Labute approximate surface area is 194 Å². The lowest BCUT2D eigenvalue weighted by Crippen LogP contribution is -2.44. The number of halogens is 2. The van der Waals surface area contributed by atoms with E-state index in [0.717, 1.165) is 12.8 Å². The molecule has 7 nitrogen and oxygen atoms in total. The van der Waals surface area contributed by atoms with Crippen LogP contribution in [0.5, 0.6) is 0 Å². The minimum atomic E-state index is -1.000. The lowest BCUT2D eigenvalue weighted by atomic mass is 10.0. The Hall–Kier alpha value is -4.14. The average molecular weight is 461 g/mol. The number of rotatable bonds is 7. The molecular formula is C25H21F2N5O2. The lowest BCUT2D eigenvalue weighted by Gasteiger charge is -2.31. The monoisotopic (exact) mass is 461 g/mol. The normalized spacial score (nSPS) is 14.1. The van der Waals surface area contributed by atoms with Gasteiger partial charge in [-0.05, 0) is 66.9 Å². The van der Waals surface area contributed by atoms with Crippen molar-refractivity contribution < 1.29 is 18.4 Å². The van der Waals surface area contributed by atoms with Gasteiger partial charge in [-0.2, -0.15) is 0 Å². The van der Waals surface area contributed by atoms with Crippen LogP contribution in [0.15, 0.2) is 72.8 Å². The van der Waals surface area contributed by atoms with Crippen LogP contribution in [-0.2, 0) is 16.1 Å². The molecule has 1 N–H and O–H groups in total. The van der Waals surface area contributed by atoms with Crippen LogP contribution in [-0.4, -0.2) is 37.7 Å². The first-order valence-electron chi connectivity index (χ1n) is 10.9. The van der Waals surface area contributed by atoms with E-state index >= 15 is 0 Å². The molecule has 4 aromatic rings. The third-order valence-electron chi connectivity index (χ3n) is 5.76. The molecule has 9 heteroatoms. The van der Waals surface area contributed by atoms with Gasteiger partial charge in [0.1, 0.15) is 29.7 Å². The van der Waals surface area contributed by atoms with E-state index in [-0.39, 0.29) is 18.5 Å². The molecule has 0 radical (unpaired) electrons. The molecular weight excluding hydrogens is 440 g/mol. The zero-order chi connectivity index (χ0) is 23.7. The van der Waals surface area contributed by atoms with Gasteiger partial charge in [0.15, 0.2) is 0 Å². The van der Waals surface area contributed by atoms with Gasteiger partial charge in [0.2, 0.25) is 5.91 Å². The van der Waals surface area contributed by atoms with E-state index in [1.54, 1.807) is 11.0 Å². The molecule has 1 aromatic heterocycles. The van der Waals surface area contributed by atoms with E-state index in [9.17, 15) is 18.4 Å². The van der Waals surface area contributed by atoms with Crippen molar-refractivity contribution in [1.29, 1.82) is 0 Å². The van der Waals surface area contributed by atoms with Crippen molar-refractivity contribution >= 4 is 28.5 Å². The molecule has 0 spiro atoms. The quantitative estimate of drug-likeness (QED) is 0.450. The van der Waals surface area contributed by atoms with Crippen molar-refractivity contribution in [3.63, 3.8) is 0 Å². The first-order valence-corrected chi connectivity index (χ1v) is 10.9. The van der Waals surface area contributed by atoms with Crippen LogP contribution in [0.3, 0.4) is 0 Å². The molecule has 1 saturated carbocycles. The molecule has 5 rings (SSSR count). The van der Waals surface area contributed by atoms with Crippen molar-refractivity contribution in [1.82, 2.24) is 19.9 Å². The first-order chi connectivity index (χ1) is 16.5. The smallest absolute Gasteiger partial charge is 0.251 e. The van der Waals surface area contributed by atoms with E-state index in [4.69, 9.17) is 0 Å². The minimum absolute atomic E-state index is 0.0987. The number of nitrogens with zero attached hydrogens (tertiary/aromatic N) is 4. The van der Waals surface area contributed by atoms with Gasteiger partial charge in [0.05, 0.1) is 5.52 Å². The summed E-state index contributed by atoms with van der Waals surface area (Å²) in [6.07, 6.45) is 1.51. The van der Waals surface area contributed by atoms with Gasteiger partial charge < -0.3 is 10.2 Å². The fourth-order valence-corrected chi connectivity index (χ4v) is 3.98. The summed E-state index contributed by atoms with van der Waals surface area (Å²) in [7, 11) is 0. The van der Waals surface area contributed by atoms with Crippen LogP contribution < -0.4 is 5.32 Å². The zero-order valence-electron chi connectivity index (χ0n) is 18.1. The Morgan fingerprint density at radius 2 is 1.62 bits per heavy atom. The van der Waals surface area contributed by atoms with Crippen LogP contribution in [0.4, 0.5) is 14.5 Å². The number of nitrogens with one attached hydrogen (secondary N) is 1. The van der Waals surface area contributed by atoms with Crippen LogP contribution in [0.1, 0.15) is 24.4 Å². The van der Waals surface area contributed by atoms with Gasteiger partial charge in [-0.25, -0.2) is 13.5 Å². The van der Waals surface area contributed by atoms with Gasteiger partial charge >= 0.3 is 0 Å².